The molecule has 7 heteroatoms. The number of H-pyrrole nitrogens is 1. The lowest BCUT2D eigenvalue weighted by atomic mass is 10.1. The first-order valence-electron chi connectivity index (χ1n) is 7.40. The average molecular weight is 299 g/mol. The fraction of sp³-hybridized carbons (Fsp3) is 0.400. The third-order valence-electron chi connectivity index (χ3n) is 4.55. The van der Waals surface area contributed by atoms with Gasteiger partial charge in [0.2, 0.25) is 5.91 Å². The summed E-state index contributed by atoms with van der Waals surface area (Å²) < 4.78 is 1.69. The zero-order valence-corrected chi connectivity index (χ0v) is 12.3. The molecule has 2 fully saturated rings. The number of aryl methyl sites for hydroxylation is 1. The fourth-order valence-corrected chi connectivity index (χ4v) is 3.59. The smallest absolute Gasteiger partial charge is 0.270 e. The highest BCUT2D eigenvalue weighted by Crippen LogP contribution is 2.36. The highest BCUT2D eigenvalue weighted by Gasteiger charge is 2.49. The summed E-state index contributed by atoms with van der Waals surface area (Å²) in [6.07, 6.45) is 6.47. The highest BCUT2D eigenvalue weighted by molar-refractivity contribution is 5.99. The Morgan fingerprint density at radius 1 is 1.41 bits per heavy atom. The molecule has 4 rings (SSSR count). The van der Waals surface area contributed by atoms with Gasteiger partial charge in [0.1, 0.15) is 5.69 Å². The zero-order valence-electron chi connectivity index (χ0n) is 12.3. The van der Waals surface area contributed by atoms with Gasteiger partial charge in [0, 0.05) is 32.4 Å². The monoisotopic (exact) mass is 299 g/mol. The highest BCUT2D eigenvalue weighted by atomic mass is 16.2. The van der Waals surface area contributed by atoms with E-state index in [0.29, 0.717) is 18.7 Å². The van der Waals surface area contributed by atoms with Gasteiger partial charge < -0.3 is 14.8 Å². The Labute approximate surface area is 127 Å². The van der Waals surface area contributed by atoms with Gasteiger partial charge in [-0.25, -0.2) is 0 Å². The molecule has 2 aliphatic rings. The molecule has 0 unspecified atom stereocenters. The Bertz CT molecular complexity index is 720. The predicted octanol–water partition coefficient (Wildman–Crippen LogP) is 0.768. The van der Waals surface area contributed by atoms with Crippen LogP contribution in [0.3, 0.4) is 0 Å². The number of aromatic nitrogens is 3. The van der Waals surface area contributed by atoms with Crippen molar-refractivity contribution in [2.24, 2.45) is 7.05 Å². The number of likely N-dealkylation sites (tertiary alicyclic amines) is 1. The number of hydrogen-bond acceptors (Lipinski definition) is 3. The summed E-state index contributed by atoms with van der Waals surface area (Å²) in [6.45, 7) is 0.678. The van der Waals surface area contributed by atoms with Gasteiger partial charge in [-0.2, -0.15) is 5.10 Å². The molecular formula is C15H17N5O2. The second kappa shape index (κ2) is 4.72. The molecule has 22 heavy (non-hydrogen) atoms. The molecule has 7 nitrogen and oxygen atoms in total. The van der Waals surface area contributed by atoms with E-state index in [2.05, 4.69) is 10.1 Å². The van der Waals surface area contributed by atoms with E-state index in [1.807, 2.05) is 24.2 Å². The molecule has 2 atom stereocenters. The van der Waals surface area contributed by atoms with Crippen molar-refractivity contribution in [3.05, 3.63) is 36.4 Å². The molecule has 0 aliphatic carbocycles. The van der Waals surface area contributed by atoms with Crippen LogP contribution in [0.5, 0.6) is 0 Å². The lowest BCUT2D eigenvalue weighted by molar-refractivity contribution is -0.117. The summed E-state index contributed by atoms with van der Waals surface area (Å²) in [6, 6.07) is 3.58. The number of nitrogens with one attached hydrogen (secondary N) is 1. The molecule has 2 saturated heterocycles. The Morgan fingerprint density at radius 3 is 2.95 bits per heavy atom. The SMILES string of the molecule is Cn1cc(N2C(=O)C[C@@H]3[C@@H]2CCN3C(=O)c2ccc[nH]2)cn1. The Kier molecular flexibility index (Phi) is 2.82. The summed E-state index contributed by atoms with van der Waals surface area (Å²) in [7, 11) is 1.83. The fourth-order valence-electron chi connectivity index (χ4n) is 3.59. The van der Waals surface area contributed by atoms with Gasteiger partial charge in [-0.3, -0.25) is 14.3 Å². The van der Waals surface area contributed by atoms with Crippen LogP contribution in [0.15, 0.2) is 30.7 Å². The second-order valence-corrected chi connectivity index (χ2v) is 5.85. The van der Waals surface area contributed by atoms with Crippen LogP contribution in [0.25, 0.3) is 0 Å². The Balaban J connectivity index is 1.60. The maximum Gasteiger partial charge on any atom is 0.270 e. The van der Waals surface area contributed by atoms with Crippen molar-refractivity contribution < 1.29 is 9.59 Å². The maximum absolute atomic E-state index is 12.6. The number of fused-ring (bicyclic) bond motifs is 1. The number of amides is 2. The molecule has 0 saturated carbocycles. The van der Waals surface area contributed by atoms with Crippen molar-refractivity contribution in [3.63, 3.8) is 0 Å². The van der Waals surface area contributed by atoms with Crippen molar-refractivity contribution in [1.29, 1.82) is 0 Å². The molecule has 1 N–H and O–H groups in total. The minimum atomic E-state index is -0.0523. The summed E-state index contributed by atoms with van der Waals surface area (Å²) in [4.78, 5) is 31.5. The van der Waals surface area contributed by atoms with Crippen molar-refractivity contribution >= 4 is 17.5 Å². The van der Waals surface area contributed by atoms with Gasteiger partial charge >= 0.3 is 0 Å². The van der Waals surface area contributed by atoms with E-state index >= 15 is 0 Å². The van der Waals surface area contributed by atoms with Crippen LogP contribution in [0.4, 0.5) is 5.69 Å². The number of anilines is 1. The van der Waals surface area contributed by atoms with Gasteiger partial charge in [0.25, 0.3) is 5.91 Å². The predicted molar refractivity (Wildman–Crippen MR) is 79.3 cm³/mol. The number of carbonyl (C=O) groups is 2. The molecule has 0 radical (unpaired) electrons. The Hall–Kier alpha value is -2.57. The number of hydrogen-bond donors (Lipinski definition) is 1. The summed E-state index contributed by atoms with van der Waals surface area (Å²) in [5.41, 5.74) is 1.39. The summed E-state index contributed by atoms with van der Waals surface area (Å²) >= 11 is 0. The molecule has 2 aromatic heterocycles. The first-order valence-corrected chi connectivity index (χ1v) is 7.40. The van der Waals surface area contributed by atoms with Crippen molar-refractivity contribution in [1.82, 2.24) is 19.7 Å². The quantitative estimate of drug-likeness (QED) is 0.890. The van der Waals surface area contributed by atoms with Crippen LogP contribution in [0.1, 0.15) is 23.3 Å². The van der Waals surface area contributed by atoms with Gasteiger partial charge in [-0.05, 0) is 18.6 Å². The molecule has 4 heterocycles. The van der Waals surface area contributed by atoms with E-state index < -0.39 is 0 Å². The van der Waals surface area contributed by atoms with Crippen molar-refractivity contribution in [2.45, 2.75) is 24.9 Å². The molecule has 2 amide bonds. The Morgan fingerprint density at radius 2 is 2.27 bits per heavy atom. The topological polar surface area (TPSA) is 74.2 Å². The maximum atomic E-state index is 12.6. The van der Waals surface area contributed by atoms with E-state index in [1.165, 1.54) is 0 Å². The molecule has 0 spiro atoms. The first kappa shape index (κ1) is 13.1. The van der Waals surface area contributed by atoms with Gasteiger partial charge in [0.15, 0.2) is 0 Å². The average Bonchev–Trinajstić information content (AvgIpc) is 3.22. The first-order chi connectivity index (χ1) is 10.6. The van der Waals surface area contributed by atoms with E-state index in [9.17, 15) is 9.59 Å². The summed E-state index contributed by atoms with van der Waals surface area (Å²) in [5.74, 6) is 0.0327. The normalized spacial score (nSPS) is 24.1. The lowest BCUT2D eigenvalue weighted by Crippen LogP contribution is -2.40. The molecule has 2 aliphatic heterocycles. The van der Waals surface area contributed by atoms with Crippen LogP contribution in [-0.4, -0.2) is 50.1 Å². The number of carbonyl (C=O) groups excluding carboxylic acids is 2. The molecular weight excluding hydrogens is 282 g/mol. The molecule has 0 bridgehead atoms. The third kappa shape index (κ3) is 1.85. The van der Waals surface area contributed by atoms with Crippen LogP contribution < -0.4 is 4.90 Å². The molecule has 2 aromatic rings. The van der Waals surface area contributed by atoms with Gasteiger partial charge in [-0.15, -0.1) is 0 Å². The van der Waals surface area contributed by atoms with Crippen LogP contribution in [0, 0.1) is 0 Å². The zero-order chi connectivity index (χ0) is 15.3. The second-order valence-electron chi connectivity index (χ2n) is 5.85. The lowest BCUT2D eigenvalue weighted by Gasteiger charge is -2.24. The number of aromatic amines is 1. The van der Waals surface area contributed by atoms with Crippen molar-refractivity contribution in [3.8, 4) is 0 Å². The third-order valence-corrected chi connectivity index (χ3v) is 4.55. The van der Waals surface area contributed by atoms with Gasteiger partial charge in [0.05, 0.1) is 24.0 Å². The van der Waals surface area contributed by atoms with Crippen molar-refractivity contribution in [2.75, 3.05) is 11.4 Å². The van der Waals surface area contributed by atoms with E-state index in [1.54, 1.807) is 28.0 Å². The van der Waals surface area contributed by atoms with Crippen LogP contribution in [-0.2, 0) is 11.8 Å². The number of nitrogens with zero attached hydrogens (tertiary/aromatic N) is 4. The van der Waals surface area contributed by atoms with E-state index in [-0.39, 0.29) is 23.9 Å². The van der Waals surface area contributed by atoms with E-state index in [4.69, 9.17) is 0 Å². The molecule has 114 valence electrons. The minimum absolute atomic E-state index is 0.0293. The largest absolute Gasteiger partial charge is 0.357 e. The standard InChI is InChI=1S/C15H17N5O2/c1-18-9-10(8-17-18)20-12-4-6-19(13(12)7-14(20)21)15(22)11-3-2-5-16-11/h2-3,5,8-9,12-13,16H,4,6-7H2,1H3/t12-,13+/m0/s1. The van der Waals surface area contributed by atoms with Crippen LogP contribution in [0.2, 0.25) is 0 Å². The number of rotatable bonds is 2. The van der Waals surface area contributed by atoms with Crippen LogP contribution >= 0.6 is 0 Å². The minimum Gasteiger partial charge on any atom is -0.357 e. The van der Waals surface area contributed by atoms with Gasteiger partial charge in [-0.1, -0.05) is 0 Å². The summed E-state index contributed by atoms with van der Waals surface area (Å²) in [5, 5.41) is 4.14. The van der Waals surface area contributed by atoms with E-state index in [0.717, 1.165) is 12.1 Å². The molecule has 0 aromatic carbocycles.